The van der Waals surface area contributed by atoms with E-state index in [1.54, 1.807) is 13.0 Å². The molecule has 1 amide bonds. The third-order valence-corrected chi connectivity index (χ3v) is 4.96. The summed E-state index contributed by atoms with van der Waals surface area (Å²) in [5.74, 6) is -0.392. The lowest BCUT2D eigenvalue weighted by Gasteiger charge is -2.07. The number of carbonyl (C=O) groups is 1. The molecule has 112 valence electrons. The highest BCUT2D eigenvalue weighted by atomic mass is 32.2. The van der Waals surface area contributed by atoms with Gasteiger partial charge in [0.1, 0.15) is 5.01 Å². The van der Waals surface area contributed by atoms with Crippen LogP contribution in [0.5, 0.6) is 0 Å². The predicted octanol–water partition coefficient (Wildman–Crippen LogP) is 2.06. The number of hydrogen-bond donors (Lipinski definition) is 1. The lowest BCUT2D eigenvalue weighted by Crippen LogP contribution is -2.14. The molecular formula is C13H15N3O3S2. The van der Waals surface area contributed by atoms with Gasteiger partial charge in [0.05, 0.1) is 4.90 Å². The number of rotatable bonds is 4. The van der Waals surface area contributed by atoms with E-state index in [1.165, 1.54) is 23.5 Å². The number of amides is 1. The van der Waals surface area contributed by atoms with Gasteiger partial charge in [0, 0.05) is 11.8 Å². The molecule has 1 aromatic heterocycles. The van der Waals surface area contributed by atoms with Gasteiger partial charge in [0.15, 0.2) is 9.84 Å². The zero-order valence-electron chi connectivity index (χ0n) is 11.9. The Hall–Kier alpha value is -1.80. The van der Waals surface area contributed by atoms with Crippen molar-refractivity contribution in [3.05, 3.63) is 34.3 Å². The SMILES string of the molecule is CCc1nnc(NC(=O)c2cc(S(C)(=O)=O)ccc2C)s1. The average Bonchev–Trinajstić information content (AvgIpc) is 2.85. The molecule has 2 aromatic rings. The molecule has 1 aromatic carbocycles. The summed E-state index contributed by atoms with van der Waals surface area (Å²) in [5.41, 5.74) is 1.01. The Bertz CT molecular complexity index is 782. The summed E-state index contributed by atoms with van der Waals surface area (Å²) in [6, 6.07) is 4.48. The maximum Gasteiger partial charge on any atom is 0.257 e. The van der Waals surface area contributed by atoms with Crippen LogP contribution in [0.2, 0.25) is 0 Å². The number of aryl methyl sites for hydroxylation is 2. The summed E-state index contributed by atoms with van der Waals surface area (Å²) in [4.78, 5) is 12.4. The summed E-state index contributed by atoms with van der Waals surface area (Å²) in [5, 5.41) is 11.7. The molecule has 2 rings (SSSR count). The first-order valence-corrected chi connectivity index (χ1v) is 8.96. The van der Waals surface area contributed by atoms with E-state index in [1.807, 2.05) is 6.92 Å². The molecular weight excluding hydrogens is 310 g/mol. The van der Waals surface area contributed by atoms with Crippen LogP contribution < -0.4 is 5.32 Å². The summed E-state index contributed by atoms with van der Waals surface area (Å²) in [6.07, 6.45) is 1.85. The molecule has 0 unspecified atom stereocenters. The zero-order chi connectivity index (χ0) is 15.6. The molecule has 0 saturated carbocycles. The van der Waals surface area contributed by atoms with Crippen molar-refractivity contribution in [2.45, 2.75) is 25.2 Å². The maximum absolute atomic E-state index is 12.2. The Morgan fingerprint density at radius 3 is 2.62 bits per heavy atom. The highest BCUT2D eigenvalue weighted by molar-refractivity contribution is 7.90. The third-order valence-electron chi connectivity index (χ3n) is 2.87. The van der Waals surface area contributed by atoms with E-state index in [0.29, 0.717) is 16.3 Å². The van der Waals surface area contributed by atoms with Gasteiger partial charge in [-0.15, -0.1) is 10.2 Å². The van der Waals surface area contributed by atoms with Gasteiger partial charge in [-0.3, -0.25) is 10.1 Å². The topological polar surface area (TPSA) is 89.0 Å². The molecule has 0 saturated heterocycles. The van der Waals surface area contributed by atoms with Crippen molar-refractivity contribution in [1.82, 2.24) is 10.2 Å². The van der Waals surface area contributed by atoms with Gasteiger partial charge in [-0.1, -0.05) is 24.3 Å². The molecule has 0 bridgehead atoms. The molecule has 0 aliphatic heterocycles. The quantitative estimate of drug-likeness (QED) is 0.929. The molecule has 6 nitrogen and oxygen atoms in total. The number of benzene rings is 1. The van der Waals surface area contributed by atoms with Gasteiger partial charge in [-0.2, -0.15) is 0 Å². The monoisotopic (exact) mass is 325 g/mol. The summed E-state index contributed by atoms with van der Waals surface area (Å²) in [7, 11) is -3.35. The summed E-state index contributed by atoms with van der Waals surface area (Å²) < 4.78 is 23.1. The number of carbonyl (C=O) groups excluding carboxylic acids is 1. The molecule has 0 radical (unpaired) electrons. The second-order valence-electron chi connectivity index (χ2n) is 4.56. The molecule has 1 heterocycles. The standard InChI is InChI=1S/C13H15N3O3S2/c1-4-11-15-16-13(20-11)14-12(17)10-7-9(21(3,18)19)6-5-8(10)2/h5-7H,4H2,1-3H3,(H,14,16,17). The Morgan fingerprint density at radius 1 is 1.33 bits per heavy atom. The van der Waals surface area contributed by atoms with Crippen LogP contribution in [0.3, 0.4) is 0 Å². The molecule has 8 heteroatoms. The number of anilines is 1. The van der Waals surface area contributed by atoms with Crippen molar-refractivity contribution in [2.24, 2.45) is 0 Å². The lowest BCUT2D eigenvalue weighted by molar-refractivity contribution is 0.102. The van der Waals surface area contributed by atoms with Crippen molar-refractivity contribution in [3.63, 3.8) is 0 Å². The van der Waals surface area contributed by atoms with Crippen molar-refractivity contribution >= 4 is 32.2 Å². The van der Waals surface area contributed by atoms with Crippen LogP contribution in [0.15, 0.2) is 23.1 Å². The fourth-order valence-corrected chi connectivity index (χ4v) is 3.01. The fourth-order valence-electron chi connectivity index (χ4n) is 1.69. The molecule has 0 spiro atoms. The normalized spacial score (nSPS) is 11.4. The van der Waals surface area contributed by atoms with Crippen LogP contribution in [0, 0.1) is 6.92 Å². The third kappa shape index (κ3) is 3.64. The molecule has 0 atom stereocenters. The van der Waals surface area contributed by atoms with E-state index in [2.05, 4.69) is 15.5 Å². The van der Waals surface area contributed by atoms with Crippen LogP contribution in [0.1, 0.15) is 27.9 Å². The number of aromatic nitrogens is 2. The highest BCUT2D eigenvalue weighted by Gasteiger charge is 2.16. The predicted molar refractivity (Wildman–Crippen MR) is 81.5 cm³/mol. The number of nitrogens with zero attached hydrogens (tertiary/aromatic N) is 2. The molecule has 1 N–H and O–H groups in total. The van der Waals surface area contributed by atoms with E-state index in [9.17, 15) is 13.2 Å². The van der Waals surface area contributed by atoms with Gasteiger partial charge in [0.25, 0.3) is 5.91 Å². The first-order valence-electron chi connectivity index (χ1n) is 6.25. The van der Waals surface area contributed by atoms with Gasteiger partial charge in [-0.05, 0) is 31.0 Å². The molecule has 0 aliphatic rings. The molecule has 21 heavy (non-hydrogen) atoms. The van der Waals surface area contributed by atoms with Crippen LogP contribution in [-0.2, 0) is 16.3 Å². The Balaban J connectivity index is 2.30. The van der Waals surface area contributed by atoms with E-state index in [0.717, 1.165) is 17.7 Å². The van der Waals surface area contributed by atoms with Crippen LogP contribution in [0.4, 0.5) is 5.13 Å². The zero-order valence-corrected chi connectivity index (χ0v) is 13.5. The molecule has 0 aliphatic carbocycles. The highest BCUT2D eigenvalue weighted by Crippen LogP contribution is 2.19. The minimum atomic E-state index is -3.35. The van der Waals surface area contributed by atoms with Gasteiger partial charge in [-0.25, -0.2) is 8.42 Å². The Morgan fingerprint density at radius 2 is 2.05 bits per heavy atom. The number of sulfone groups is 1. The van der Waals surface area contributed by atoms with Crippen LogP contribution in [-0.4, -0.2) is 30.8 Å². The maximum atomic E-state index is 12.2. The van der Waals surface area contributed by atoms with Crippen molar-refractivity contribution in [1.29, 1.82) is 0 Å². The van der Waals surface area contributed by atoms with E-state index in [4.69, 9.17) is 0 Å². The van der Waals surface area contributed by atoms with E-state index < -0.39 is 15.7 Å². The van der Waals surface area contributed by atoms with Crippen molar-refractivity contribution in [3.8, 4) is 0 Å². The van der Waals surface area contributed by atoms with Crippen LogP contribution >= 0.6 is 11.3 Å². The summed E-state index contributed by atoms with van der Waals surface area (Å²) in [6.45, 7) is 3.70. The average molecular weight is 325 g/mol. The first-order chi connectivity index (χ1) is 9.81. The van der Waals surface area contributed by atoms with E-state index >= 15 is 0 Å². The number of hydrogen-bond acceptors (Lipinski definition) is 6. The second-order valence-corrected chi connectivity index (χ2v) is 7.64. The minimum Gasteiger partial charge on any atom is -0.296 e. The van der Waals surface area contributed by atoms with Gasteiger partial charge in [0.2, 0.25) is 5.13 Å². The number of nitrogens with one attached hydrogen (secondary N) is 1. The van der Waals surface area contributed by atoms with E-state index in [-0.39, 0.29) is 4.90 Å². The minimum absolute atomic E-state index is 0.116. The summed E-state index contributed by atoms with van der Waals surface area (Å²) >= 11 is 1.30. The smallest absolute Gasteiger partial charge is 0.257 e. The lowest BCUT2D eigenvalue weighted by atomic mass is 10.1. The second kappa shape index (κ2) is 5.90. The molecule has 0 fully saturated rings. The first kappa shape index (κ1) is 15.6. The van der Waals surface area contributed by atoms with Gasteiger partial charge < -0.3 is 0 Å². The van der Waals surface area contributed by atoms with Crippen molar-refractivity contribution < 1.29 is 13.2 Å². The largest absolute Gasteiger partial charge is 0.296 e. The Kier molecular flexibility index (Phi) is 4.38. The fraction of sp³-hybridized carbons (Fsp3) is 0.308. The van der Waals surface area contributed by atoms with Gasteiger partial charge >= 0.3 is 0 Å². The Labute approximate surface area is 127 Å². The van der Waals surface area contributed by atoms with Crippen LogP contribution in [0.25, 0.3) is 0 Å². The van der Waals surface area contributed by atoms with Crippen molar-refractivity contribution in [2.75, 3.05) is 11.6 Å².